The highest BCUT2D eigenvalue weighted by Crippen LogP contribution is 2.03. The predicted octanol–water partition coefficient (Wildman–Crippen LogP) is 0.986. The zero-order valence-corrected chi connectivity index (χ0v) is 7.67. The first-order valence-electron chi connectivity index (χ1n) is 3.54. The van der Waals surface area contributed by atoms with Gasteiger partial charge in [-0.15, -0.1) is 11.6 Å². The highest BCUT2D eigenvalue weighted by molar-refractivity contribution is 6.32. The number of rotatable bonds is 2. The molecular formula is C7H10ClN3O. The Bertz CT molecular complexity index is 282. The predicted molar refractivity (Wildman–Crippen MR) is 47.2 cm³/mol. The fourth-order valence-corrected chi connectivity index (χ4v) is 0.762. The summed E-state index contributed by atoms with van der Waals surface area (Å²) in [5.41, 5.74) is 0. The lowest BCUT2D eigenvalue weighted by atomic mass is 10.4. The number of halogens is 1. The van der Waals surface area contributed by atoms with Gasteiger partial charge in [0.15, 0.2) is 5.82 Å². The molecule has 0 saturated heterocycles. The Labute approximate surface area is 75.5 Å². The number of nitrogens with one attached hydrogen (secondary N) is 1. The summed E-state index contributed by atoms with van der Waals surface area (Å²) in [4.78, 5) is 11.0. The quantitative estimate of drug-likeness (QED) is 0.702. The molecule has 5 heteroatoms. The van der Waals surface area contributed by atoms with Gasteiger partial charge >= 0.3 is 0 Å². The van der Waals surface area contributed by atoms with E-state index < -0.39 is 5.38 Å². The third-order valence-electron chi connectivity index (χ3n) is 1.33. The number of carbonyl (C=O) groups excluding carboxylic acids is 1. The van der Waals surface area contributed by atoms with Crippen molar-refractivity contribution in [3.05, 3.63) is 12.3 Å². The van der Waals surface area contributed by atoms with Crippen LogP contribution >= 0.6 is 11.6 Å². The van der Waals surface area contributed by atoms with Crippen molar-refractivity contribution < 1.29 is 4.79 Å². The highest BCUT2D eigenvalue weighted by atomic mass is 35.5. The van der Waals surface area contributed by atoms with Crippen molar-refractivity contribution in [1.29, 1.82) is 0 Å². The fourth-order valence-electron chi connectivity index (χ4n) is 0.707. The number of aromatic nitrogens is 2. The average Bonchev–Trinajstić information content (AvgIpc) is 2.35. The minimum absolute atomic E-state index is 0.240. The van der Waals surface area contributed by atoms with Crippen molar-refractivity contribution in [2.45, 2.75) is 12.3 Å². The number of amides is 1. The molecule has 1 atom stereocenters. The van der Waals surface area contributed by atoms with E-state index in [1.54, 1.807) is 30.9 Å². The summed E-state index contributed by atoms with van der Waals surface area (Å²) in [7, 11) is 1.78. The number of aryl methyl sites for hydroxylation is 1. The maximum atomic E-state index is 11.0. The summed E-state index contributed by atoms with van der Waals surface area (Å²) in [6.45, 7) is 1.61. The molecule has 0 aliphatic rings. The normalized spacial score (nSPS) is 12.6. The molecule has 1 unspecified atom stereocenters. The Morgan fingerprint density at radius 3 is 2.92 bits per heavy atom. The topological polar surface area (TPSA) is 46.9 Å². The Morgan fingerprint density at radius 2 is 2.50 bits per heavy atom. The summed E-state index contributed by atoms with van der Waals surface area (Å²) in [6.07, 6.45) is 1.74. The van der Waals surface area contributed by atoms with Crippen molar-refractivity contribution in [3.8, 4) is 0 Å². The van der Waals surface area contributed by atoms with Gasteiger partial charge in [-0.3, -0.25) is 9.48 Å². The van der Waals surface area contributed by atoms with E-state index in [0.29, 0.717) is 5.82 Å². The van der Waals surface area contributed by atoms with Gasteiger partial charge in [0.2, 0.25) is 5.91 Å². The van der Waals surface area contributed by atoms with E-state index in [1.165, 1.54) is 0 Å². The van der Waals surface area contributed by atoms with Gasteiger partial charge in [0.25, 0.3) is 0 Å². The minimum Gasteiger partial charge on any atom is -0.308 e. The standard InChI is InChI=1S/C7H10ClN3O/c1-5(8)7(12)9-6-3-4-11(2)10-6/h3-5H,1-2H3,(H,9,10,12). The van der Waals surface area contributed by atoms with Gasteiger partial charge < -0.3 is 5.32 Å². The summed E-state index contributed by atoms with van der Waals surface area (Å²) in [5.74, 6) is 0.283. The van der Waals surface area contributed by atoms with Crippen molar-refractivity contribution in [3.63, 3.8) is 0 Å². The number of anilines is 1. The van der Waals surface area contributed by atoms with E-state index in [2.05, 4.69) is 10.4 Å². The molecule has 12 heavy (non-hydrogen) atoms. The van der Waals surface area contributed by atoms with Gasteiger partial charge in [-0.25, -0.2) is 0 Å². The van der Waals surface area contributed by atoms with Crippen molar-refractivity contribution >= 4 is 23.3 Å². The summed E-state index contributed by atoms with van der Waals surface area (Å²) in [6, 6.07) is 1.71. The minimum atomic E-state index is -0.535. The summed E-state index contributed by atoms with van der Waals surface area (Å²) < 4.78 is 1.61. The first kappa shape index (κ1) is 9.06. The van der Waals surface area contributed by atoms with Crippen LogP contribution in [0.15, 0.2) is 12.3 Å². The first-order valence-corrected chi connectivity index (χ1v) is 3.98. The third kappa shape index (κ3) is 2.23. The maximum absolute atomic E-state index is 11.0. The average molecular weight is 188 g/mol. The lowest BCUT2D eigenvalue weighted by molar-refractivity contribution is -0.115. The summed E-state index contributed by atoms with van der Waals surface area (Å²) in [5, 5.41) is 5.98. The molecule has 0 bridgehead atoms. The molecular weight excluding hydrogens is 178 g/mol. The number of nitrogens with zero attached hydrogens (tertiary/aromatic N) is 2. The van der Waals surface area contributed by atoms with Crippen LogP contribution in [0.2, 0.25) is 0 Å². The van der Waals surface area contributed by atoms with Crippen LogP contribution in [0, 0.1) is 0 Å². The molecule has 1 aromatic rings. The van der Waals surface area contributed by atoms with Crippen LogP contribution in [0.3, 0.4) is 0 Å². The lowest BCUT2D eigenvalue weighted by Crippen LogP contribution is -2.20. The van der Waals surface area contributed by atoms with E-state index in [9.17, 15) is 4.79 Å². The van der Waals surface area contributed by atoms with Gasteiger partial charge in [-0.1, -0.05) is 0 Å². The molecule has 1 aromatic heterocycles. The molecule has 0 fully saturated rings. The Kier molecular flexibility index (Phi) is 2.70. The number of hydrogen-bond acceptors (Lipinski definition) is 2. The molecule has 66 valence electrons. The van der Waals surface area contributed by atoms with Crippen LogP contribution in [-0.4, -0.2) is 21.1 Å². The van der Waals surface area contributed by atoms with Crippen molar-refractivity contribution in [1.82, 2.24) is 9.78 Å². The fraction of sp³-hybridized carbons (Fsp3) is 0.429. The Morgan fingerprint density at radius 1 is 1.83 bits per heavy atom. The number of hydrogen-bond donors (Lipinski definition) is 1. The number of alkyl halides is 1. The van der Waals surface area contributed by atoms with Crippen LogP contribution in [0.4, 0.5) is 5.82 Å². The smallest absolute Gasteiger partial charge is 0.243 e. The second kappa shape index (κ2) is 3.58. The van der Waals surface area contributed by atoms with E-state index in [1.807, 2.05) is 0 Å². The molecule has 0 aliphatic carbocycles. The molecule has 1 N–H and O–H groups in total. The zero-order valence-electron chi connectivity index (χ0n) is 6.91. The molecule has 0 aromatic carbocycles. The van der Waals surface area contributed by atoms with Crippen LogP contribution in [0.5, 0.6) is 0 Å². The van der Waals surface area contributed by atoms with Crippen molar-refractivity contribution in [2.24, 2.45) is 7.05 Å². The second-order valence-corrected chi connectivity index (χ2v) is 3.13. The molecule has 0 saturated carbocycles. The van der Waals surface area contributed by atoms with E-state index in [0.717, 1.165) is 0 Å². The molecule has 1 rings (SSSR count). The van der Waals surface area contributed by atoms with Gasteiger partial charge in [0, 0.05) is 19.3 Å². The molecule has 4 nitrogen and oxygen atoms in total. The second-order valence-electron chi connectivity index (χ2n) is 2.48. The zero-order chi connectivity index (χ0) is 9.14. The Balaban J connectivity index is 2.58. The van der Waals surface area contributed by atoms with Crippen LogP contribution < -0.4 is 5.32 Å². The van der Waals surface area contributed by atoms with E-state index >= 15 is 0 Å². The van der Waals surface area contributed by atoms with Gasteiger partial charge in [-0.05, 0) is 6.92 Å². The molecule has 0 radical (unpaired) electrons. The lowest BCUT2D eigenvalue weighted by Gasteiger charge is -2.01. The maximum Gasteiger partial charge on any atom is 0.243 e. The number of carbonyl (C=O) groups is 1. The van der Waals surface area contributed by atoms with Crippen molar-refractivity contribution in [2.75, 3.05) is 5.32 Å². The third-order valence-corrected chi connectivity index (χ3v) is 1.52. The Hall–Kier alpha value is -1.03. The SMILES string of the molecule is CC(Cl)C(=O)Nc1ccn(C)n1. The molecule has 0 aliphatic heterocycles. The highest BCUT2D eigenvalue weighted by Gasteiger charge is 2.09. The molecule has 0 spiro atoms. The first-order chi connectivity index (χ1) is 5.59. The van der Waals surface area contributed by atoms with Gasteiger partial charge in [-0.2, -0.15) is 5.10 Å². The van der Waals surface area contributed by atoms with E-state index in [4.69, 9.17) is 11.6 Å². The van der Waals surface area contributed by atoms with E-state index in [-0.39, 0.29) is 5.91 Å². The largest absolute Gasteiger partial charge is 0.308 e. The van der Waals surface area contributed by atoms with Gasteiger partial charge in [0.1, 0.15) is 5.38 Å². The molecule has 1 amide bonds. The van der Waals surface area contributed by atoms with Crippen LogP contribution in [-0.2, 0) is 11.8 Å². The van der Waals surface area contributed by atoms with Crippen LogP contribution in [0.1, 0.15) is 6.92 Å². The van der Waals surface area contributed by atoms with Gasteiger partial charge in [0.05, 0.1) is 0 Å². The summed E-state index contributed by atoms with van der Waals surface area (Å²) >= 11 is 5.54. The van der Waals surface area contributed by atoms with Crippen LogP contribution in [0.25, 0.3) is 0 Å². The monoisotopic (exact) mass is 187 g/mol. The molecule has 1 heterocycles.